The summed E-state index contributed by atoms with van der Waals surface area (Å²) in [5.74, 6) is -0.0924. The van der Waals surface area contributed by atoms with Crippen molar-refractivity contribution < 1.29 is 14.3 Å². The highest BCUT2D eigenvalue weighted by molar-refractivity contribution is 5.92. The number of alkyl carbamates (subject to hydrolysis) is 1. The van der Waals surface area contributed by atoms with Crippen LogP contribution in [0.2, 0.25) is 0 Å². The molecule has 2 amide bonds. The molecule has 2 N–H and O–H groups in total. The predicted octanol–water partition coefficient (Wildman–Crippen LogP) is 1.68. The molecule has 2 atom stereocenters. The summed E-state index contributed by atoms with van der Waals surface area (Å²) < 4.78 is 4.99. The molecule has 0 bridgehead atoms. The number of amides is 2. The first-order chi connectivity index (χ1) is 11.6. The number of pyridine rings is 1. The lowest BCUT2D eigenvalue weighted by Gasteiger charge is -2.29. The van der Waals surface area contributed by atoms with E-state index >= 15 is 0 Å². The van der Waals surface area contributed by atoms with Gasteiger partial charge in [0.2, 0.25) is 5.91 Å². The minimum atomic E-state index is -0.593. The van der Waals surface area contributed by atoms with E-state index < -0.39 is 18.2 Å². The van der Waals surface area contributed by atoms with E-state index in [4.69, 9.17) is 4.74 Å². The molecule has 2 unspecified atom stereocenters. The SMILES string of the molecule is CC1OC(=O)NC1C(=O)N1CC=C(c2ccnc3[nH]ccc23)CC1. The van der Waals surface area contributed by atoms with Gasteiger partial charge in [0.1, 0.15) is 17.8 Å². The fourth-order valence-electron chi connectivity index (χ4n) is 3.33. The number of nitrogens with zero attached hydrogens (tertiary/aromatic N) is 2. The first kappa shape index (κ1) is 14.7. The molecular formula is C17H18N4O3. The number of aromatic amines is 1. The van der Waals surface area contributed by atoms with Gasteiger partial charge in [0, 0.05) is 30.9 Å². The maximum absolute atomic E-state index is 12.6. The highest BCUT2D eigenvalue weighted by atomic mass is 16.6. The maximum Gasteiger partial charge on any atom is 0.408 e. The Morgan fingerprint density at radius 2 is 2.29 bits per heavy atom. The Kier molecular flexibility index (Phi) is 3.48. The number of H-pyrrole nitrogens is 1. The Morgan fingerprint density at radius 1 is 1.42 bits per heavy atom. The molecule has 24 heavy (non-hydrogen) atoms. The summed E-state index contributed by atoms with van der Waals surface area (Å²) in [7, 11) is 0. The average molecular weight is 326 g/mol. The van der Waals surface area contributed by atoms with Crippen molar-refractivity contribution in [1.29, 1.82) is 0 Å². The Hall–Kier alpha value is -2.83. The summed E-state index contributed by atoms with van der Waals surface area (Å²) in [5.41, 5.74) is 3.23. The molecule has 7 heteroatoms. The minimum Gasteiger partial charge on any atom is -0.444 e. The van der Waals surface area contributed by atoms with Gasteiger partial charge in [0.25, 0.3) is 0 Å². The Morgan fingerprint density at radius 3 is 3.00 bits per heavy atom. The molecule has 2 aromatic rings. The Labute approximate surface area is 138 Å². The van der Waals surface area contributed by atoms with E-state index in [9.17, 15) is 9.59 Å². The molecule has 1 saturated heterocycles. The standard InChI is InChI=1S/C17H18N4O3/c1-10-14(20-17(23)24-10)16(22)21-8-4-11(5-9-21)12-2-6-18-15-13(12)3-7-19-15/h2-4,6-7,10,14H,5,8-9H2,1H3,(H,18,19)(H,20,23). The molecule has 0 aliphatic carbocycles. The number of rotatable bonds is 2. The third-order valence-electron chi connectivity index (χ3n) is 4.63. The molecule has 4 heterocycles. The molecule has 2 aliphatic rings. The highest BCUT2D eigenvalue weighted by Crippen LogP contribution is 2.28. The summed E-state index contributed by atoms with van der Waals surface area (Å²) >= 11 is 0. The number of hydrogen-bond acceptors (Lipinski definition) is 4. The van der Waals surface area contributed by atoms with Gasteiger partial charge in [-0.1, -0.05) is 6.08 Å². The highest BCUT2D eigenvalue weighted by Gasteiger charge is 2.38. The van der Waals surface area contributed by atoms with E-state index in [1.807, 2.05) is 18.3 Å². The number of cyclic esters (lactones) is 1. The molecule has 0 spiro atoms. The molecule has 2 aliphatic heterocycles. The van der Waals surface area contributed by atoms with Crippen LogP contribution in [0.3, 0.4) is 0 Å². The second kappa shape index (κ2) is 5.67. The first-order valence-corrected chi connectivity index (χ1v) is 8.01. The van der Waals surface area contributed by atoms with Gasteiger partial charge in [-0.25, -0.2) is 9.78 Å². The van der Waals surface area contributed by atoms with Crippen LogP contribution in [0.5, 0.6) is 0 Å². The van der Waals surface area contributed by atoms with Crippen LogP contribution in [0.15, 0.2) is 30.6 Å². The number of fused-ring (bicyclic) bond motifs is 1. The molecule has 1 fully saturated rings. The van der Waals surface area contributed by atoms with E-state index in [1.165, 1.54) is 5.57 Å². The molecule has 0 aromatic carbocycles. The van der Waals surface area contributed by atoms with E-state index in [-0.39, 0.29) is 5.91 Å². The summed E-state index contributed by atoms with van der Waals surface area (Å²) in [4.78, 5) is 33.0. The van der Waals surface area contributed by atoms with Crippen LogP contribution >= 0.6 is 0 Å². The van der Waals surface area contributed by atoms with Crippen molar-refractivity contribution in [3.8, 4) is 0 Å². The second-order valence-electron chi connectivity index (χ2n) is 6.09. The van der Waals surface area contributed by atoms with Crippen LogP contribution in [0.4, 0.5) is 4.79 Å². The quantitative estimate of drug-likeness (QED) is 0.879. The molecule has 4 rings (SSSR count). The Bertz CT molecular complexity index is 841. The van der Waals surface area contributed by atoms with Crippen LogP contribution in [0.25, 0.3) is 16.6 Å². The molecular weight excluding hydrogens is 308 g/mol. The normalized spacial score (nSPS) is 23.8. The van der Waals surface area contributed by atoms with Crippen LogP contribution < -0.4 is 5.32 Å². The van der Waals surface area contributed by atoms with Gasteiger partial charge >= 0.3 is 6.09 Å². The molecule has 7 nitrogen and oxygen atoms in total. The largest absolute Gasteiger partial charge is 0.444 e. The molecule has 124 valence electrons. The third-order valence-corrected chi connectivity index (χ3v) is 4.63. The van der Waals surface area contributed by atoms with Crippen molar-refractivity contribution in [3.05, 3.63) is 36.2 Å². The maximum atomic E-state index is 12.6. The van der Waals surface area contributed by atoms with Gasteiger partial charge in [0.05, 0.1) is 0 Å². The van der Waals surface area contributed by atoms with E-state index in [1.54, 1.807) is 18.0 Å². The van der Waals surface area contributed by atoms with Crippen molar-refractivity contribution in [3.63, 3.8) is 0 Å². The molecule has 0 radical (unpaired) electrons. The third kappa shape index (κ3) is 2.42. The lowest BCUT2D eigenvalue weighted by molar-refractivity contribution is -0.133. The van der Waals surface area contributed by atoms with Crippen LogP contribution in [0, 0.1) is 0 Å². The summed E-state index contributed by atoms with van der Waals surface area (Å²) in [6.45, 7) is 2.88. The number of aromatic nitrogens is 2. The van der Waals surface area contributed by atoms with Crippen LogP contribution in [0.1, 0.15) is 18.9 Å². The van der Waals surface area contributed by atoms with Crippen molar-refractivity contribution in [1.82, 2.24) is 20.2 Å². The van der Waals surface area contributed by atoms with Crippen molar-refractivity contribution in [2.24, 2.45) is 0 Å². The fourth-order valence-corrected chi connectivity index (χ4v) is 3.33. The summed E-state index contributed by atoms with van der Waals surface area (Å²) in [5, 5.41) is 3.67. The van der Waals surface area contributed by atoms with E-state index in [0.717, 1.165) is 23.0 Å². The van der Waals surface area contributed by atoms with Gasteiger partial charge in [0.15, 0.2) is 0 Å². The number of ether oxygens (including phenoxy) is 1. The van der Waals surface area contributed by atoms with Crippen LogP contribution in [-0.2, 0) is 9.53 Å². The topological polar surface area (TPSA) is 87.3 Å². The van der Waals surface area contributed by atoms with Crippen molar-refractivity contribution in [2.45, 2.75) is 25.5 Å². The van der Waals surface area contributed by atoms with Gasteiger partial charge < -0.3 is 19.9 Å². The summed E-state index contributed by atoms with van der Waals surface area (Å²) in [6.07, 6.45) is 5.55. The van der Waals surface area contributed by atoms with E-state index in [2.05, 4.69) is 21.4 Å². The second-order valence-corrected chi connectivity index (χ2v) is 6.09. The van der Waals surface area contributed by atoms with Gasteiger partial charge in [-0.2, -0.15) is 0 Å². The van der Waals surface area contributed by atoms with Crippen molar-refractivity contribution in [2.75, 3.05) is 13.1 Å². The zero-order chi connectivity index (χ0) is 16.7. The monoisotopic (exact) mass is 326 g/mol. The number of hydrogen-bond donors (Lipinski definition) is 2. The Balaban J connectivity index is 1.52. The van der Waals surface area contributed by atoms with Gasteiger partial charge in [-0.05, 0) is 36.6 Å². The zero-order valence-corrected chi connectivity index (χ0v) is 13.3. The average Bonchev–Trinajstić information content (AvgIpc) is 3.20. The minimum absolute atomic E-state index is 0.0924. The lowest BCUT2D eigenvalue weighted by atomic mass is 9.97. The fraction of sp³-hybridized carbons (Fsp3) is 0.353. The summed E-state index contributed by atoms with van der Waals surface area (Å²) in [6, 6.07) is 3.43. The van der Waals surface area contributed by atoms with E-state index in [0.29, 0.717) is 13.1 Å². The molecule has 0 saturated carbocycles. The predicted molar refractivity (Wildman–Crippen MR) is 88.1 cm³/mol. The molecule has 2 aromatic heterocycles. The smallest absolute Gasteiger partial charge is 0.408 e. The number of carbonyl (C=O) groups excluding carboxylic acids is 2. The first-order valence-electron chi connectivity index (χ1n) is 8.01. The number of nitrogens with one attached hydrogen (secondary N) is 2. The lowest BCUT2D eigenvalue weighted by Crippen LogP contribution is -2.49. The number of carbonyl (C=O) groups is 2. The van der Waals surface area contributed by atoms with Gasteiger partial charge in [-0.15, -0.1) is 0 Å². The van der Waals surface area contributed by atoms with Gasteiger partial charge in [-0.3, -0.25) is 4.79 Å². The zero-order valence-electron chi connectivity index (χ0n) is 13.3. The van der Waals surface area contributed by atoms with Crippen molar-refractivity contribution >= 4 is 28.6 Å². The van der Waals surface area contributed by atoms with Crippen LogP contribution in [-0.4, -0.2) is 52.1 Å².